The Balaban J connectivity index is 2.12. The van der Waals surface area contributed by atoms with Gasteiger partial charge < -0.3 is 5.32 Å². The summed E-state index contributed by atoms with van der Waals surface area (Å²) in [6, 6.07) is 9.01. The van der Waals surface area contributed by atoms with Crippen molar-refractivity contribution in [1.82, 2.24) is 5.32 Å². The second kappa shape index (κ2) is 7.61. The van der Waals surface area contributed by atoms with E-state index in [1.165, 1.54) is 18.2 Å². The highest BCUT2D eigenvalue weighted by atomic mass is 32.2. The van der Waals surface area contributed by atoms with Crippen molar-refractivity contribution >= 4 is 27.3 Å². The maximum atomic E-state index is 12.3. The minimum absolute atomic E-state index is 0.0221. The van der Waals surface area contributed by atoms with Crippen LogP contribution in [0.25, 0.3) is 0 Å². The summed E-state index contributed by atoms with van der Waals surface area (Å²) in [7, 11) is -4.14. The van der Waals surface area contributed by atoms with Crippen molar-refractivity contribution in [1.29, 1.82) is 0 Å². The predicted octanol–water partition coefficient (Wildman–Crippen LogP) is 2.69. The van der Waals surface area contributed by atoms with E-state index in [9.17, 15) is 36.5 Å². The Hall–Kier alpha value is -3.15. The standard InChI is InChI=1S/C15H12F3N3O5S/c16-15(17,18)9-19-14(22)10-4-6-11(7-5-10)20-27(25,26)13-3-1-2-12(8-13)21(23)24/h1-8,20H,9H2,(H,19,22). The Kier molecular flexibility index (Phi) is 5.69. The van der Waals surface area contributed by atoms with Crippen molar-refractivity contribution in [2.45, 2.75) is 11.1 Å². The molecule has 0 saturated heterocycles. The second-order valence-electron chi connectivity index (χ2n) is 5.24. The van der Waals surface area contributed by atoms with E-state index in [1.54, 1.807) is 5.32 Å². The number of hydrogen-bond acceptors (Lipinski definition) is 5. The van der Waals surface area contributed by atoms with Crippen LogP contribution in [0.5, 0.6) is 0 Å². The van der Waals surface area contributed by atoms with Gasteiger partial charge in [-0.2, -0.15) is 13.2 Å². The number of sulfonamides is 1. The van der Waals surface area contributed by atoms with Gasteiger partial charge in [-0.1, -0.05) is 6.07 Å². The molecule has 2 rings (SSSR count). The first-order valence-corrected chi connectivity index (χ1v) is 8.68. The van der Waals surface area contributed by atoms with Crippen LogP contribution in [0.4, 0.5) is 24.5 Å². The number of nitrogens with one attached hydrogen (secondary N) is 2. The molecule has 0 atom stereocenters. The fraction of sp³-hybridized carbons (Fsp3) is 0.133. The molecular weight excluding hydrogens is 391 g/mol. The Morgan fingerprint density at radius 2 is 1.74 bits per heavy atom. The minimum Gasteiger partial charge on any atom is -0.343 e. The van der Waals surface area contributed by atoms with Gasteiger partial charge in [0.1, 0.15) is 6.54 Å². The second-order valence-corrected chi connectivity index (χ2v) is 6.92. The topological polar surface area (TPSA) is 118 Å². The molecule has 0 heterocycles. The van der Waals surface area contributed by atoms with Crippen LogP contribution in [0.2, 0.25) is 0 Å². The fourth-order valence-electron chi connectivity index (χ4n) is 1.95. The summed E-state index contributed by atoms with van der Waals surface area (Å²) in [5, 5.41) is 12.4. The van der Waals surface area contributed by atoms with E-state index in [-0.39, 0.29) is 16.1 Å². The van der Waals surface area contributed by atoms with Crippen LogP contribution in [0.3, 0.4) is 0 Å². The lowest BCUT2D eigenvalue weighted by Crippen LogP contribution is -2.33. The van der Waals surface area contributed by atoms with Crippen LogP contribution in [-0.2, 0) is 10.0 Å². The Labute approximate surface area is 151 Å². The number of nitro groups is 1. The van der Waals surface area contributed by atoms with Gasteiger partial charge in [0.25, 0.3) is 21.6 Å². The van der Waals surface area contributed by atoms with Crippen molar-refractivity contribution in [3.8, 4) is 0 Å². The lowest BCUT2D eigenvalue weighted by molar-refractivity contribution is -0.385. The minimum atomic E-state index is -4.55. The molecule has 0 spiro atoms. The molecule has 0 bridgehead atoms. The van der Waals surface area contributed by atoms with E-state index < -0.39 is 39.3 Å². The molecule has 0 saturated carbocycles. The smallest absolute Gasteiger partial charge is 0.343 e. The number of benzene rings is 2. The SMILES string of the molecule is O=C(NCC(F)(F)F)c1ccc(NS(=O)(=O)c2cccc([N+](=O)[O-])c2)cc1. The number of rotatable bonds is 6. The molecule has 2 aromatic rings. The number of hydrogen-bond donors (Lipinski definition) is 2. The molecule has 2 aromatic carbocycles. The quantitative estimate of drug-likeness (QED) is 0.568. The summed E-state index contributed by atoms with van der Waals surface area (Å²) < 4.78 is 63.0. The lowest BCUT2D eigenvalue weighted by atomic mass is 10.2. The molecule has 144 valence electrons. The van der Waals surface area contributed by atoms with Crippen molar-refractivity contribution in [2.24, 2.45) is 0 Å². The van der Waals surface area contributed by atoms with Crippen LogP contribution in [0.15, 0.2) is 53.4 Å². The molecule has 0 fully saturated rings. The number of carbonyl (C=O) groups excluding carboxylic acids is 1. The molecule has 2 N–H and O–H groups in total. The third-order valence-corrected chi connectivity index (χ3v) is 4.57. The molecular formula is C15H12F3N3O5S. The van der Waals surface area contributed by atoms with Gasteiger partial charge in [-0.25, -0.2) is 8.42 Å². The van der Waals surface area contributed by atoms with Crippen molar-refractivity contribution in [3.63, 3.8) is 0 Å². The number of carbonyl (C=O) groups is 1. The highest BCUT2D eigenvalue weighted by Crippen LogP contribution is 2.21. The van der Waals surface area contributed by atoms with Gasteiger partial charge >= 0.3 is 6.18 Å². The number of nitro benzene ring substituents is 1. The normalized spacial score (nSPS) is 11.7. The van der Waals surface area contributed by atoms with Gasteiger partial charge in [0.15, 0.2) is 0 Å². The molecule has 8 nitrogen and oxygen atoms in total. The summed E-state index contributed by atoms with van der Waals surface area (Å²) in [5.41, 5.74) is -0.485. The summed E-state index contributed by atoms with van der Waals surface area (Å²) in [4.78, 5) is 21.2. The average molecular weight is 403 g/mol. The summed E-state index contributed by atoms with van der Waals surface area (Å²) >= 11 is 0. The molecule has 27 heavy (non-hydrogen) atoms. The van der Waals surface area contributed by atoms with E-state index in [0.29, 0.717) is 0 Å². The van der Waals surface area contributed by atoms with E-state index >= 15 is 0 Å². The van der Waals surface area contributed by atoms with Crippen LogP contribution in [0, 0.1) is 10.1 Å². The number of anilines is 1. The number of alkyl halides is 3. The number of non-ortho nitro benzene ring substituents is 1. The molecule has 0 unspecified atom stereocenters. The molecule has 0 aliphatic carbocycles. The lowest BCUT2D eigenvalue weighted by Gasteiger charge is -2.10. The summed E-state index contributed by atoms with van der Waals surface area (Å²) in [5.74, 6) is -0.972. The van der Waals surface area contributed by atoms with Crippen LogP contribution in [0.1, 0.15) is 10.4 Å². The van der Waals surface area contributed by atoms with Gasteiger partial charge in [-0.05, 0) is 30.3 Å². The highest BCUT2D eigenvalue weighted by Gasteiger charge is 2.28. The molecule has 0 radical (unpaired) electrons. The van der Waals surface area contributed by atoms with E-state index in [4.69, 9.17) is 0 Å². The fourth-order valence-corrected chi connectivity index (χ4v) is 3.05. The van der Waals surface area contributed by atoms with Gasteiger partial charge in [0, 0.05) is 23.4 Å². The largest absolute Gasteiger partial charge is 0.405 e. The Morgan fingerprint density at radius 3 is 2.30 bits per heavy atom. The van der Waals surface area contributed by atoms with E-state index in [0.717, 1.165) is 30.3 Å². The zero-order chi connectivity index (χ0) is 20.2. The first-order chi connectivity index (χ1) is 12.5. The zero-order valence-corrected chi connectivity index (χ0v) is 14.2. The number of amides is 1. The van der Waals surface area contributed by atoms with E-state index in [2.05, 4.69) is 4.72 Å². The third kappa shape index (κ3) is 5.67. The van der Waals surface area contributed by atoms with Gasteiger partial charge in [-0.3, -0.25) is 19.6 Å². The van der Waals surface area contributed by atoms with Crippen LogP contribution in [-0.4, -0.2) is 32.0 Å². The Morgan fingerprint density at radius 1 is 1.11 bits per heavy atom. The van der Waals surface area contributed by atoms with Gasteiger partial charge in [-0.15, -0.1) is 0 Å². The monoisotopic (exact) mass is 403 g/mol. The highest BCUT2D eigenvalue weighted by molar-refractivity contribution is 7.92. The maximum absolute atomic E-state index is 12.3. The van der Waals surface area contributed by atoms with Crippen molar-refractivity contribution in [2.75, 3.05) is 11.3 Å². The van der Waals surface area contributed by atoms with Gasteiger partial charge in [0.2, 0.25) is 0 Å². The molecule has 1 amide bonds. The molecule has 0 aromatic heterocycles. The molecule has 0 aliphatic heterocycles. The summed E-state index contributed by atoms with van der Waals surface area (Å²) in [6.45, 7) is -1.49. The van der Waals surface area contributed by atoms with Gasteiger partial charge in [0.05, 0.1) is 9.82 Å². The number of halogens is 3. The molecule has 12 heteroatoms. The molecule has 0 aliphatic rings. The predicted molar refractivity (Wildman–Crippen MR) is 88.7 cm³/mol. The maximum Gasteiger partial charge on any atom is 0.405 e. The van der Waals surface area contributed by atoms with Crippen molar-refractivity contribution < 1.29 is 31.3 Å². The third-order valence-electron chi connectivity index (χ3n) is 3.19. The number of nitrogens with zero attached hydrogens (tertiary/aromatic N) is 1. The van der Waals surface area contributed by atoms with Crippen LogP contribution >= 0.6 is 0 Å². The van der Waals surface area contributed by atoms with E-state index in [1.807, 2.05) is 0 Å². The first kappa shape index (κ1) is 20.2. The zero-order valence-electron chi connectivity index (χ0n) is 13.4. The van der Waals surface area contributed by atoms with Crippen molar-refractivity contribution in [3.05, 3.63) is 64.2 Å². The Bertz CT molecular complexity index is 959. The average Bonchev–Trinajstić information content (AvgIpc) is 2.59. The van der Waals surface area contributed by atoms with Crippen LogP contribution < -0.4 is 10.0 Å². The first-order valence-electron chi connectivity index (χ1n) is 7.20. The summed E-state index contributed by atoms with van der Waals surface area (Å²) in [6.07, 6.45) is -4.55.